The van der Waals surface area contributed by atoms with Crippen molar-refractivity contribution in [3.63, 3.8) is 0 Å². The van der Waals surface area contributed by atoms with Gasteiger partial charge in [-0.2, -0.15) is 0 Å². The molecular weight excluding hydrogens is 205 g/mol. The molecule has 0 spiro atoms. The first-order chi connectivity index (χ1) is 6.02. The molecule has 0 aliphatic heterocycles. The Labute approximate surface area is 93.0 Å². The van der Waals surface area contributed by atoms with Crippen LogP contribution >= 0.6 is 0 Å². The summed E-state index contributed by atoms with van der Waals surface area (Å²) in [5.74, 6) is 0. The summed E-state index contributed by atoms with van der Waals surface area (Å²) < 4.78 is 3.27. The van der Waals surface area contributed by atoms with Crippen LogP contribution in [0.1, 0.15) is 39.5 Å². The first-order valence-corrected chi connectivity index (χ1v) is 14.9. The summed E-state index contributed by atoms with van der Waals surface area (Å²) in [4.78, 5) is 0. The quantitative estimate of drug-likeness (QED) is 0.433. The third-order valence-corrected chi connectivity index (χ3v) is 23.2. The SMILES string of the molecule is CCCCC[CH2][Sc]([CH2]C)[Si](C)(C)C. The fraction of sp³-hybridized carbons (Fsp3) is 1.00. The molecule has 0 unspecified atom stereocenters. The predicted octanol–water partition coefficient (Wildman–Crippen LogP) is 4.88. The molecule has 2 heteroatoms. The first-order valence-electron chi connectivity index (χ1n) is 6.02. The van der Waals surface area contributed by atoms with E-state index in [-0.39, 0.29) is 0 Å². The van der Waals surface area contributed by atoms with E-state index in [1.54, 1.807) is 14.8 Å². The fourth-order valence-corrected chi connectivity index (χ4v) is 16.7. The number of unbranched alkanes of at least 4 members (excludes halogenated alkanes) is 3. The van der Waals surface area contributed by atoms with Gasteiger partial charge in [0.1, 0.15) is 0 Å². The van der Waals surface area contributed by atoms with Gasteiger partial charge in [-0.3, -0.25) is 0 Å². The Morgan fingerprint density at radius 2 is 1.54 bits per heavy atom. The molecule has 0 aromatic rings. The topological polar surface area (TPSA) is 0 Å². The van der Waals surface area contributed by atoms with Crippen LogP contribution in [-0.4, -0.2) is 5.26 Å². The van der Waals surface area contributed by atoms with Crippen molar-refractivity contribution >= 4 is 5.26 Å². The van der Waals surface area contributed by atoms with Crippen LogP contribution in [-0.2, 0) is 20.6 Å². The second-order valence-electron chi connectivity index (χ2n) is 5.32. The standard InChI is InChI=1S/C6H13.C3H9Si.C2H5.Sc/c1-3-5-6-4-2;1-4(2)3;1-2;/h1,3-6H2,2H3;1-3H3;1H2,2H3;. The van der Waals surface area contributed by atoms with Crippen LogP contribution in [0.5, 0.6) is 0 Å². The number of rotatable bonds is 7. The zero-order valence-electron chi connectivity index (χ0n) is 10.3. The van der Waals surface area contributed by atoms with Crippen molar-refractivity contribution < 1.29 is 20.6 Å². The van der Waals surface area contributed by atoms with E-state index in [2.05, 4.69) is 33.5 Å². The molecule has 0 aliphatic carbocycles. The summed E-state index contributed by atoms with van der Waals surface area (Å²) in [5.41, 5.74) is 0. The maximum atomic E-state index is 2.60. The summed E-state index contributed by atoms with van der Waals surface area (Å²) in [6.45, 7) is 12.5. The van der Waals surface area contributed by atoms with Crippen molar-refractivity contribution in [3.8, 4) is 0 Å². The van der Waals surface area contributed by atoms with Gasteiger partial charge in [0.05, 0.1) is 0 Å². The minimum absolute atomic E-state index is 0.659. The van der Waals surface area contributed by atoms with Crippen molar-refractivity contribution in [2.45, 2.75) is 67.5 Å². The van der Waals surface area contributed by atoms with Gasteiger partial charge < -0.3 is 0 Å². The molecule has 0 saturated heterocycles. The average Bonchev–Trinajstić information content (AvgIpc) is 2.02. The second kappa shape index (κ2) is 7.39. The van der Waals surface area contributed by atoms with Gasteiger partial charge in [-0.25, -0.2) is 0 Å². The van der Waals surface area contributed by atoms with E-state index in [1.807, 2.05) is 0 Å². The first kappa shape index (κ1) is 14.1. The fourth-order valence-electron chi connectivity index (χ4n) is 2.07. The molecule has 0 radical (unpaired) electrons. The average molecular weight is 232 g/mol. The van der Waals surface area contributed by atoms with Crippen LogP contribution < -0.4 is 0 Å². The molecule has 0 bridgehead atoms. The summed E-state index contributed by atoms with van der Waals surface area (Å²) in [7, 11) is 0. The van der Waals surface area contributed by atoms with E-state index < -0.39 is 25.9 Å². The van der Waals surface area contributed by atoms with Gasteiger partial charge in [-0.15, -0.1) is 0 Å². The minimum atomic E-state index is -0.783. The van der Waals surface area contributed by atoms with Crippen molar-refractivity contribution in [3.05, 3.63) is 0 Å². The van der Waals surface area contributed by atoms with Crippen molar-refractivity contribution in [1.82, 2.24) is 0 Å². The Balaban J connectivity index is 3.61. The van der Waals surface area contributed by atoms with Gasteiger partial charge in [0, 0.05) is 0 Å². The van der Waals surface area contributed by atoms with Gasteiger partial charge in [0.2, 0.25) is 0 Å². The van der Waals surface area contributed by atoms with Gasteiger partial charge in [0.15, 0.2) is 0 Å². The van der Waals surface area contributed by atoms with E-state index in [1.165, 1.54) is 19.3 Å². The molecular formula is C11H27ScSi. The molecule has 0 atom stereocenters. The van der Waals surface area contributed by atoms with Crippen molar-refractivity contribution in [1.29, 1.82) is 0 Å². The van der Waals surface area contributed by atoms with Gasteiger partial charge >= 0.3 is 93.4 Å². The predicted molar refractivity (Wildman–Crippen MR) is 62.8 cm³/mol. The Morgan fingerprint density at radius 3 is 1.92 bits per heavy atom. The summed E-state index contributed by atoms with van der Waals surface area (Å²) in [6.07, 6.45) is 5.90. The molecule has 0 saturated carbocycles. The summed E-state index contributed by atoms with van der Waals surface area (Å²) in [5, 5.41) is -0.659. The number of hydrogen-bond acceptors (Lipinski definition) is 0. The Bertz CT molecular complexity index is 118. The Hall–Kier alpha value is 1.09. The molecule has 0 rings (SSSR count). The normalized spacial score (nSPS) is 11.8. The monoisotopic (exact) mass is 232 g/mol. The van der Waals surface area contributed by atoms with Crippen LogP contribution in [0.2, 0.25) is 28.0 Å². The number of hydrogen-bond donors (Lipinski definition) is 0. The molecule has 78 valence electrons. The van der Waals surface area contributed by atoms with Crippen LogP contribution in [0.3, 0.4) is 0 Å². The van der Waals surface area contributed by atoms with Crippen LogP contribution in [0, 0.1) is 0 Å². The molecule has 0 aliphatic rings. The summed E-state index contributed by atoms with van der Waals surface area (Å²) >= 11 is -0.783. The Kier molecular flexibility index (Phi) is 8.01. The zero-order chi connectivity index (χ0) is 10.3. The third-order valence-electron chi connectivity index (χ3n) is 3.12. The van der Waals surface area contributed by atoms with Crippen molar-refractivity contribution in [2.24, 2.45) is 0 Å². The zero-order valence-corrected chi connectivity index (χ0v) is 13.1. The third kappa shape index (κ3) is 7.07. The van der Waals surface area contributed by atoms with Gasteiger partial charge in [-0.05, 0) is 0 Å². The summed E-state index contributed by atoms with van der Waals surface area (Å²) in [6, 6.07) is 0. The van der Waals surface area contributed by atoms with E-state index >= 15 is 0 Å². The molecule has 0 aromatic heterocycles. The Morgan fingerprint density at radius 1 is 0.923 bits per heavy atom. The van der Waals surface area contributed by atoms with E-state index in [9.17, 15) is 0 Å². The van der Waals surface area contributed by atoms with Gasteiger partial charge in [-0.1, -0.05) is 0 Å². The molecule has 0 aromatic carbocycles. The van der Waals surface area contributed by atoms with Crippen LogP contribution in [0.15, 0.2) is 0 Å². The molecule has 0 N–H and O–H groups in total. The van der Waals surface area contributed by atoms with Crippen LogP contribution in [0.25, 0.3) is 0 Å². The molecule has 13 heavy (non-hydrogen) atoms. The second-order valence-corrected chi connectivity index (χ2v) is 25.9. The van der Waals surface area contributed by atoms with Crippen LogP contribution in [0.4, 0.5) is 0 Å². The van der Waals surface area contributed by atoms with E-state index in [4.69, 9.17) is 0 Å². The molecule has 0 heterocycles. The maximum absolute atomic E-state index is 2.60. The van der Waals surface area contributed by atoms with E-state index in [0.29, 0.717) is 0 Å². The van der Waals surface area contributed by atoms with E-state index in [0.717, 1.165) is 0 Å². The molecule has 0 nitrogen and oxygen atoms in total. The molecule has 0 fully saturated rings. The van der Waals surface area contributed by atoms with Gasteiger partial charge in [0.25, 0.3) is 0 Å². The molecule has 0 amide bonds. The van der Waals surface area contributed by atoms with Crippen molar-refractivity contribution in [2.75, 3.05) is 0 Å².